The molecule has 1 rings (SSSR count). The van der Waals surface area contributed by atoms with E-state index in [-0.39, 0.29) is 0 Å². The lowest BCUT2D eigenvalue weighted by atomic mass is 9.93. The van der Waals surface area contributed by atoms with E-state index in [0.29, 0.717) is 5.78 Å². The van der Waals surface area contributed by atoms with Crippen molar-refractivity contribution in [1.29, 1.82) is 0 Å². The van der Waals surface area contributed by atoms with Crippen LogP contribution in [0, 0.1) is 0 Å². The molecule has 0 unspecified atom stereocenters. The molecule has 1 nitrogen and oxygen atoms in total. The first-order valence-electron chi connectivity index (χ1n) is 3.74. The summed E-state index contributed by atoms with van der Waals surface area (Å²) >= 11 is 0. The Kier molecular flexibility index (Phi) is 1.81. The summed E-state index contributed by atoms with van der Waals surface area (Å²) in [6.45, 7) is 6.77. The highest BCUT2D eigenvalue weighted by Gasteiger charge is 2.22. The Morgan fingerprint density at radius 3 is 2.00 bits per heavy atom. The fourth-order valence-electron chi connectivity index (χ4n) is 1.05. The van der Waals surface area contributed by atoms with Crippen molar-refractivity contribution in [2.75, 3.05) is 0 Å². The Bertz CT molecular complexity index is 186. The summed E-state index contributed by atoms with van der Waals surface area (Å²) < 4.78 is 0. The van der Waals surface area contributed by atoms with Gasteiger partial charge in [0.2, 0.25) is 0 Å². The number of carbonyl (C=O) groups is 1. The molecule has 1 aliphatic carbocycles. The average Bonchev–Trinajstić information content (AvgIpc) is 1.78. The monoisotopic (exact) mass is 154 g/mol. The highest BCUT2D eigenvalue weighted by Crippen LogP contribution is 2.23. The van der Waals surface area contributed by atoms with E-state index in [1.807, 2.05) is 0 Å². The van der Waals surface area contributed by atoms with Gasteiger partial charge in [-0.25, -0.2) is 0 Å². The van der Waals surface area contributed by atoms with Gasteiger partial charge in [-0.2, -0.15) is 0 Å². The van der Waals surface area contributed by atoms with Gasteiger partial charge in [-0.05, 0) is 12.0 Å². The zero-order valence-electron chi connectivity index (χ0n) is 6.90. The molecule has 1 aliphatic rings. The molecule has 0 aromatic rings. The average molecular weight is 154 g/mol. The molecule has 0 aromatic heterocycles. The van der Waals surface area contributed by atoms with Crippen LogP contribution in [-0.4, -0.2) is 13.9 Å². The minimum atomic E-state index is -1.11. The molecule has 0 amide bonds. The van der Waals surface area contributed by atoms with Crippen LogP contribution in [0.15, 0.2) is 11.3 Å². The molecule has 0 aliphatic heterocycles. The van der Waals surface area contributed by atoms with Gasteiger partial charge in [0.15, 0.2) is 5.78 Å². The molecule has 0 atom stereocenters. The SMILES string of the molecule is C[Si](C)(C)/C=C1\CCC1=O. The summed E-state index contributed by atoms with van der Waals surface area (Å²) in [7, 11) is -1.11. The van der Waals surface area contributed by atoms with Crippen LogP contribution in [0.1, 0.15) is 12.8 Å². The zero-order valence-corrected chi connectivity index (χ0v) is 7.90. The molecule has 0 radical (unpaired) electrons. The molecule has 0 saturated heterocycles. The Morgan fingerprint density at radius 1 is 1.30 bits per heavy atom. The molecule has 2 heteroatoms. The van der Waals surface area contributed by atoms with E-state index in [0.717, 1.165) is 18.4 Å². The highest BCUT2D eigenvalue weighted by molar-refractivity contribution is 6.81. The Hall–Kier alpha value is -0.373. The summed E-state index contributed by atoms with van der Waals surface area (Å²) in [6.07, 6.45) is 1.82. The van der Waals surface area contributed by atoms with Crippen molar-refractivity contribution in [3.8, 4) is 0 Å². The third-order valence-electron chi connectivity index (χ3n) is 1.59. The number of ketones is 1. The van der Waals surface area contributed by atoms with Crippen molar-refractivity contribution < 1.29 is 4.79 Å². The lowest BCUT2D eigenvalue weighted by Crippen LogP contribution is -2.23. The second-order valence-electron chi connectivity index (χ2n) is 3.96. The number of Topliss-reactive ketones (excluding diaryl/α,β-unsaturated/α-hetero) is 1. The maximum atomic E-state index is 10.9. The highest BCUT2D eigenvalue weighted by atomic mass is 28.3. The maximum Gasteiger partial charge on any atom is 0.158 e. The minimum absolute atomic E-state index is 0.377. The van der Waals surface area contributed by atoms with E-state index < -0.39 is 8.07 Å². The van der Waals surface area contributed by atoms with Crippen molar-refractivity contribution >= 4 is 13.9 Å². The van der Waals surface area contributed by atoms with Crippen molar-refractivity contribution in [3.63, 3.8) is 0 Å². The quantitative estimate of drug-likeness (QED) is 0.418. The molecule has 0 aromatic carbocycles. The van der Waals surface area contributed by atoms with Gasteiger partial charge in [-0.3, -0.25) is 4.79 Å². The van der Waals surface area contributed by atoms with Gasteiger partial charge in [-0.1, -0.05) is 25.3 Å². The first kappa shape index (κ1) is 7.73. The van der Waals surface area contributed by atoms with Crippen LogP contribution >= 0.6 is 0 Å². The standard InChI is InChI=1S/C8H14OSi/c1-10(2,3)6-7-4-5-8(7)9/h6H,4-5H2,1-3H3/b7-6+. The molecule has 0 heterocycles. The van der Waals surface area contributed by atoms with E-state index in [1.54, 1.807) is 0 Å². The fraction of sp³-hybridized carbons (Fsp3) is 0.625. The molecule has 1 saturated carbocycles. The maximum absolute atomic E-state index is 10.9. The van der Waals surface area contributed by atoms with E-state index >= 15 is 0 Å². The molecular formula is C8H14OSi. The predicted molar refractivity (Wildman–Crippen MR) is 45.7 cm³/mol. The number of rotatable bonds is 1. The van der Waals surface area contributed by atoms with Crippen LogP contribution in [0.25, 0.3) is 0 Å². The Balaban J connectivity index is 2.64. The minimum Gasteiger partial charge on any atom is -0.295 e. The second-order valence-corrected chi connectivity index (χ2v) is 8.98. The van der Waals surface area contributed by atoms with Crippen LogP contribution < -0.4 is 0 Å². The Morgan fingerprint density at radius 2 is 1.90 bits per heavy atom. The predicted octanol–water partition coefficient (Wildman–Crippen LogP) is 2.15. The number of carbonyl (C=O) groups excluding carboxylic acids is 1. The normalized spacial score (nSPS) is 23.1. The van der Waals surface area contributed by atoms with Crippen LogP contribution in [0.2, 0.25) is 19.6 Å². The first-order chi connectivity index (χ1) is 4.49. The van der Waals surface area contributed by atoms with Crippen LogP contribution in [0.5, 0.6) is 0 Å². The van der Waals surface area contributed by atoms with Gasteiger partial charge in [0.1, 0.15) is 0 Å². The molecule has 56 valence electrons. The largest absolute Gasteiger partial charge is 0.295 e. The van der Waals surface area contributed by atoms with Gasteiger partial charge in [0, 0.05) is 6.42 Å². The van der Waals surface area contributed by atoms with E-state index in [1.165, 1.54) is 0 Å². The number of allylic oxidation sites excluding steroid dienone is 1. The van der Waals surface area contributed by atoms with E-state index in [4.69, 9.17) is 0 Å². The van der Waals surface area contributed by atoms with Crippen molar-refractivity contribution in [1.82, 2.24) is 0 Å². The van der Waals surface area contributed by atoms with Crippen LogP contribution in [-0.2, 0) is 4.79 Å². The van der Waals surface area contributed by atoms with E-state index in [2.05, 4.69) is 25.3 Å². The summed E-state index contributed by atoms with van der Waals surface area (Å²) in [5, 5.41) is 0. The van der Waals surface area contributed by atoms with Crippen LogP contribution in [0.4, 0.5) is 0 Å². The Labute approximate surface area is 63.1 Å². The topological polar surface area (TPSA) is 17.1 Å². The molecule has 0 bridgehead atoms. The van der Waals surface area contributed by atoms with Gasteiger partial charge >= 0.3 is 0 Å². The number of hydrogen-bond acceptors (Lipinski definition) is 1. The lowest BCUT2D eigenvalue weighted by molar-refractivity contribution is -0.118. The first-order valence-corrected chi connectivity index (χ1v) is 7.32. The molecule has 0 spiro atoms. The molecule has 1 fully saturated rings. The van der Waals surface area contributed by atoms with E-state index in [9.17, 15) is 4.79 Å². The second kappa shape index (κ2) is 2.35. The third kappa shape index (κ3) is 1.80. The van der Waals surface area contributed by atoms with Crippen molar-refractivity contribution in [2.24, 2.45) is 0 Å². The summed E-state index contributed by atoms with van der Waals surface area (Å²) in [5.74, 6) is 0.377. The van der Waals surface area contributed by atoms with Gasteiger partial charge in [0.05, 0.1) is 8.07 Å². The smallest absolute Gasteiger partial charge is 0.158 e. The van der Waals surface area contributed by atoms with Crippen molar-refractivity contribution in [2.45, 2.75) is 32.5 Å². The molecule has 10 heavy (non-hydrogen) atoms. The summed E-state index contributed by atoms with van der Waals surface area (Å²) in [6, 6.07) is 0. The van der Waals surface area contributed by atoms with Gasteiger partial charge in [-0.15, -0.1) is 0 Å². The summed E-state index contributed by atoms with van der Waals surface area (Å²) in [4.78, 5) is 10.9. The molecular weight excluding hydrogens is 140 g/mol. The van der Waals surface area contributed by atoms with Gasteiger partial charge in [0.25, 0.3) is 0 Å². The fourth-order valence-corrected chi connectivity index (χ4v) is 2.40. The van der Waals surface area contributed by atoms with Gasteiger partial charge < -0.3 is 0 Å². The lowest BCUT2D eigenvalue weighted by Gasteiger charge is -2.19. The van der Waals surface area contributed by atoms with Crippen LogP contribution in [0.3, 0.4) is 0 Å². The zero-order chi connectivity index (χ0) is 7.78. The molecule has 0 N–H and O–H groups in total. The summed E-state index contributed by atoms with van der Waals surface area (Å²) in [5.41, 5.74) is 3.32. The van der Waals surface area contributed by atoms with Crippen molar-refractivity contribution in [3.05, 3.63) is 11.3 Å². The number of hydrogen-bond donors (Lipinski definition) is 0. The third-order valence-corrected chi connectivity index (χ3v) is 2.80.